The Kier molecular flexibility index (Phi) is 4.69. The number of carbonyl (C=O) groups is 1. The van der Waals surface area contributed by atoms with Crippen molar-refractivity contribution in [1.29, 1.82) is 0 Å². The molecular weight excluding hydrogens is 324 g/mol. The number of aromatic nitrogens is 2. The quantitative estimate of drug-likeness (QED) is 0.773. The maximum atomic E-state index is 12.5. The van der Waals surface area contributed by atoms with Gasteiger partial charge in [-0.1, -0.05) is 18.2 Å². The van der Waals surface area contributed by atoms with E-state index >= 15 is 0 Å². The molecule has 0 bridgehead atoms. The molecule has 5 heteroatoms. The number of carbonyl (C=O) groups excluding carboxylic acids is 1. The topological polar surface area (TPSA) is 50.2 Å². The van der Waals surface area contributed by atoms with Gasteiger partial charge in [-0.15, -0.1) is 0 Å². The van der Waals surface area contributed by atoms with Crippen LogP contribution in [0.5, 0.6) is 0 Å². The molecule has 1 N–H and O–H groups in total. The highest BCUT2D eigenvalue weighted by Gasteiger charge is 2.12. The Morgan fingerprint density at radius 1 is 0.885 bits per heavy atom. The largest absolute Gasteiger partial charge is 0.372 e. The number of hydrogen-bond acceptors (Lipinski definition) is 3. The average molecular weight is 346 g/mol. The molecule has 1 fully saturated rings. The second-order valence-corrected chi connectivity index (χ2v) is 6.56. The highest BCUT2D eigenvalue weighted by Crippen LogP contribution is 2.22. The number of para-hydroxylation sites is 1. The zero-order valence-corrected chi connectivity index (χ0v) is 14.6. The SMILES string of the molecule is O=C(Nc1ccc(N2CCCCC2)cc1)c1cnn(-c2ccccc2)c1. The van der Waals surface area contributed by atoms with E-state index in [0.29, 0.717) is 5.56 Å². The van der Waals surface area contributed by atoms with Gasteiger partial charge in [-0.2, -0.15) is 5.10 Å². The normalized spacial score (nSPS) is 14.2. The molecule has 2 aromatic carbocycles. The molecule has 1 aliphatic heterocycles. The van der Waals surface area contributed by atoms with E-state index < -0.39 is 0 Å². The van der Waals surface area contributed by atoms with Crippen LogP contribution in [-0.2, 0) is 0 Å². The molecule has 0 atom stereocenters. The number of hydrogen-bond donors (Lipinski definition) is 1. The molecule has 0 spiro atoms. The lowest BCUT2D eigenvalue weighted by molar-refractivity contribution is 0.102. The Morgan fingerprint density at radius 2 is 1.62 bits per heavy atom. The van der Waals surface area contributed by atoms with Gasteiger partial charge in [0.05, 0.1) is 17.4 Å². The fourth-order valence-corrected chi connectivity index (χ4v) is 3.27. The zero-order valence-electron chi connectivity index (χ0n) is 14.6. The molecule has 0 aliphatic carbocycles. The van der Waals surface area contributed by atoms with Crippen molar-refractivity contribution >= 4 is 17.3 Å². The van der Waals surface area contributed by atoms with Crippen LogP contribution in [0, 0.1) is 0 Å². The fraction of sp³-hybridized carbons (Fsp3) is 0.238. The van der Waals surface area contributed by atoms with E-state index in [0.717, 1.165) is 24.5 Å². The lowest BCUT2D eigenvalue weighted by atomic mass is 10.1. The molecule has 1 aliphatic rings. The van der Waals surface area contributed by atoms with Gasteiger partial charge in [0, 0.05) is 30.7 Å². The Bertz CT molecular complexity index is 865. The van der Waals surface area contributed by atoms with Crippen LogP contribution >= 0.6 is 0 Å². The molecule has 1 saturated heterocycles. The van der Waals surface area contributed by atoms with Gasteiger partial charge in [0.2, 0.25) is 0 Å². The number of rotatable bonds is 4. The Hall–Kier alpha value is -3.08. The van der Waals surface area contributed by atoms with Crippen LogP contribution < -0.4 is 10.2 Å². The molecule has 132 valence electrons. The molecule has 0 radical (unpaired) electrons. The molecule has 2 heterocycles. The third-order valence-electron chi connectivity index (χ3n) is 4.71. The number of piperidine rings is 1. The highest BCUT2D eigenvalue weighted by molar-refractivity contribution is 6.04. The van der Waals surface area contributed by atoms with E-state index in [1.807, 2.05) is 42.5 Å². The first-order valence-corrected chi connectivity index (χ1v) is 9.06. The van der Waals surface area contributed by atoms with Crippen molar-refractivity contribution in [1.82, 2.24) is 9.78 Å². The van der Waals surface area contributed by atoms with Gasteiger partial charge in [-0.05, 0) is 55.7 Å². The van der Waals surface area contributed by atoms with Crippen molar-refractivity contribution in [2.75, 3.05) is 23.3 Å². The summed E-state index contributed by atoms with van der Waals surface area (Å²) in [4.78, 5) is 14.9. The second kappa shape index (κ2) is 7.44. The van der Waals surface area contributed by atoms with Crippen LogP contribution in [0.2, 0.25) is 0 Å². The summed E-state index contributed by atoms with van der Waals surface area (Å²) in [6.07, 6.45) is 7.16. The highest BCUT2D eigenvalue weighted by atomic mass is 16.1. The minimum Gasteiger partial charge on any atom is -0.372 e. The monoisotopic (exact) mass is 346 g/mol. The van der Waals surface area contributed by atoms with Crippen molar-refractivity contribution in [2.24, 2.45) is 0 Å². The van der Waals surface area contributed by atoms with Crippen molar-refractivity contribution in [3.8, 4) is 5.69 Å². The van der Waals surface area contributed by atoms with E-state index in [9.17, 15) is 4.79 Å². The van der Waals surface area contributed by atoms with Crippen molar-refractivity contribution in [3.05, 3.63) is 72.6 Å². The summed E-state index contributed by atoms with van der Waals surface area (Å²) >= 11 is 0. The molecule has 26 heavy (non-hydrogen) atoms. The summed E-state index contributed by atoms with van der Waals surface area (Å²) in [5.41, 5.74) is 3.48. The summed E-state index contributed by atoms with van der Waals surface area (Å²) in [5.74, 6) is -0.155. The van der Waals surface area contributed by atoms with Crippen molar-refractivity contribution in [3.63, 3.8) is 0 Å². The molecule has 4 rings (SSSR count). The van der Waals surface area contributed by atoms with E-state index in [4.69, 9.17) is 0 Å². The molecule has 1 aromatic heterocycles. The van der Waals surface area contributed by atoms with Crippen molar-refractivity contribution < 1.29 is 4.79 Å². The van der Waals surface area contributed by atoms with E-state index in [1.165, 1.54) is 24.9 Å². The third kappa shape index (κ3) is 3.61. The first-order chi connectivity index (χ1) is 12.8. The predicted molar refractivity (Wildman–Crippen MR) is 104 cm³/mol. The van der Waals surface area contributed by atoms with E-state index in [2.05, 4.69) is 27.4 Å². The van der Waals surface area contributed by atoms with Crippen LogP contribution in [0.1, 0.15) is 29.6 Å². The van der Waals surface area contributed by atoms with Crippen LogP contribution in [0.25, 0.3) is 5.69 Å². The first-order valence-electron chi connectivity index (χ1n) is 9.06. The Balaban J connectivity index is 1.42. The molecular formula is C21H22N4O. The zero-order chi connectivity index (χ0) is 17.8. The standard InChI is InChI=1S/C21H22N4O/c26-21(17-15-22-25(16-17)20-7-3-1-4-8-20)23-18-9-11-19(12-10-18)24-13-5-2-6-14-24/h1,3-4,7-12,15-16H,2,5-6,13-14H2,(H,23,26). The molecule has 0 unspecified atom stereocenters. The predicted octanol–water partition coefficient (Wildman–Crippen LogP) is 4.11. The van der Waals surface area contributed by atoms with E-state index in [1.54, 1.807) is 17.1 Å². The molecule has 3 aromatic rings. The van der Waals surface area contributed by atoms with Gasteiger partial charge in [0.1, 0.15) is 0 Å². The molecule has 0 saturated carbocycles. The summed E-state index contributed by atoms with van der Waals surface area (Å²) in [6.45, 7) is 2.23. The molecule has 5 nitrogen and oxygen atoms in total. The fourth-order valence-electron chi connectivity index (χ4n) is 3.27. The van der Waals surface area contributed by atoms with E-state index in [-0.39, 0.29) is 5.91 Å². The van der Waals surface area contributed by atoms with Gasteiger partial charge in [-0.25, -0.2) is 4.68 Å². The maximum Gasteiger partial charge on any atom is 0.258 e. The minimum atomic E-state index is -0.155. The smallest absolute Gasteiger partial charge is 0.258 e. The van der Waals surface area contributed by atoms with Crippen molar-refractivity contribution in [2.45, 2.75) is 19.3 Å². The number of nitrogens with zero attached hydrogens (tertiary/aromatic N) is 3. The number of anilines is 2. The summed E-state index contributed by atoms with van der Waals surface area (Å²) in [5, 5.41) is 7.22. The maximum absolute atomic E-state index is 12.5. The summed E-state index contributed by atoms with van der Waals surface area (Å²) in [6, 6.07) is 17.8. The van der Waals surface area contributed by atoms with Crippen LogP contribution in [0.15, 0.2) is 67.0 Å². The van der Waals surface area contributed by atoms with Crippen LogP contribution in [-0.4, -0.2) is 28.8 Å². The number of nitrogens with one attached hydrogen (secondary N) is 1. The van der Waals surface area contributed by atoms with Gasteiger partial charge in [-0.3, -0.25) is 4.79 Å². The van der Waals surface area contributed by atoms with Crippen LogP contribution in [0.3, 0.4) is 0 Å². The number of amides is 1. The lowest BCUT2D eigenvalue weighted by Gasteiger charge is -2.28. The van der Waals surface area contributed by atoms with Gasteiger partial charge >= 0.3 is 0 Å². The summed E-state index contributed by atoms with van der Waals surface area (Å²) < 4.78 is 1.70. The van der Waals surface area contributed by atoms with Gasteiger partial charge in [0.15, 0.2) is 0 Å². The molecule has 1 amide bonds. The van der Waals surface area contributed by atoms with Gasteiger partial charge in [0.25, 0.3) is 5.91 Å². The summed E-state index contributed by atoms with van der Waals surface area (Å²) in [7, 11) is 0. The third-order valence-corrected chi connectivity index (χ3v) is 4.71. The minimum absolute atomic E-state index is 0.155. The lowest BCUT2D eigenvalue weighted by Crippen LogP contribution is -2.29. The number of benzene rings is 2. The van der Waals surface area contributed by atoms with Gasteiger partial charge < -0.3 is 10.2 Å². The average Bonchev–Trinajstić information content (AvgIpc) is 3.20. The first kappa shape index (κ1) is 16.4. The Morgan fingerprint density at radius 3 is 2.35 bits per heavy atom. The van der Waals surface area contributed by atoms with Crippen LogP contribution in [0.4, 0.5) is 11.4 Å². The Labute approximate surface area is 153 Å². The second-order valence-electron chi connectivity index (χ2n) is 6.56.